The highest BCUT2D eigenvalue weighted by molar-refractivity contribution is 6.10. The van der Waals surface area contributed by atoms with Gasteiger partial charge in [0.2, 0.25) is 5.91 Å². The third-order valence-corrected chi connectivity index (χ3v) is 5.49. The van der Waals surface area contributed by atoms with Crippen LogP contribution in [-0.4, -0.2) is 11.8 Å². The van der Waals surface area contributed by atoms with Crippen LogP contribution in [0.5, 0.6) is 0 Å². The molecule has 2 amide bonds. The van der Waals surface area contributed by atoms with Crippen LogP contribution in [0.25, 0.3) is 0 Å². The quantitative estimate of drug-likeness (QED) is 0.370. The molecule has 4 rings (SSSR count). The Morgan fingerprint density at radius 3 is 1.91 bits per heavy atom. The van der Waals surface area contributed by atoms with Gasteiger partial charge >= 0.3 is 0 Å². The molecule has 5 nitrogen and oxygen atoms in total. The SMILES string of the molecule is Cc1occc1C(=O)N(c1ccc(F)cc1)[C@@H](C(=O)NCc1ccc(F)cc1)c1ccc(F)cc1. The summed E-state index contributed by atoms with van der Waals surface area (Å²) in [4.78, 5) is 28.4. The normalized spacial score (nSPS) is 11.7. The van der Waals surface area contributed by atoms with Crippen LogP contribution in [0.3, 0.4) is 0 Å². The third-order valence-electron chi connectivity index (χ3n) is 5.49. The standard InChI is InChI=1S/C27H21F3N2O3/c1-17-24(14-15-35-17)27(34)32(23-12-10-22(30)11-13-23)25(19-4-8-21(29)9-5-19)26(33)31-16-18-2-6-20(28)7-3-18/h2-15,25H,16H2,1H3,(H,31,33)/t25-/m1/s1. The fraction of sp³-hybridized carbons (Fsp3) is 0.111. The summed E-state index contributed by atoms with van der Waals surface area (Å²) in [7, 11) is 0. The van der Waals surface area contributed by atoms with Crippen molar-refractivity contribution in [2.45, 2.75) is 19.5 Å². The third kappa shape index (κ3) is 5.43. The highest BCUT2D eigenvalue weighted by atomic mass is 19.1. The highest BCUT2D eigenvalue weighted by Gasteiger charge is 2.34. The van der Waals surface area contributed by atoms with Crippen molar-refractivity contribution in [3.63, 3.8) is 0 Å². The van der Waals surface area contributed by atoms with Gasteiger partial charge in [-0.2, -0.15) is 0 Å². The van der Waals surface area contributed by atoms with Crippen LogP contribution in [0.4, 0.5) is 18.9 Å². The summed E-state index contributed by atoms with van der Waals surface area (Å²) in [6.45, 7) is 1.67. The summed E-state index contributed by atoms with van der Waals surface area (Å²) in [5, 5.41) is 2.76. The van der Waals surface area contributed by atoms with Crippen LogP contribution in [-0.2, 0) is 11.3 Å². The van der Waals surface area contributed by atoms with Gasteiger partial charge in [-0.1, -0.05) is 24.3 Å². The average Bonchev–Trinajstić information content (AvgIpc) is 3.29. The first kappa shape index (κ1) is 23.8. The molecule has 1 heterocycles. The van der Waals surface area contributed by atoms with Gasteiger partial charge in [0.1, 0.15) is 29.3 Å². The van der Waals surface area contributed by atoms with Crippen molar-refractivity contribution in [1.29, 1.82) is 0 Å². The lowest BCUT2D eigenvalue weighted by molar-refractivity contribution is -0.122. The molecule has 0 saturated carbocycles. The van der Waals surface area contributed by atoms with E-state index in [0.717, 1.165) is 0 Å². The number of anilines is 1. The largest absolute Gasteiger partial charge is 0.469 e. The van der Waals surface area contributed by atoms with Gasteiger partial charge in [-0.25, -0.2) is 13.2 Å². The summed E-state index contributed by atoms with van der Waals surface area (Å²) in [6, 6.07) is 16.1. The van der Waals surface area contributed by atoms with Gasteiger partial charge in [-0.05, 0) is 72.6 Å². The second-order valence-corrected chi connectivity index (χ2v) is 7.84. The predicted octanol–water partition coefficient (Wildman–Crippen LogP) is 5.71. The van der Waals surface area contributed by atoms with Gasteiger partial charge in [0, 0.05) is 12.2 Å². The van der Waals surface area contributed by atoms with E-state index in [1.54, 1.807) is 6.92 Å². The van der Waals surface area contributed by atoms with Crippen LogP contribution in [0, 0.1) is 24.4 Å². The summed E-state index contributed by atoms with van der Waals surface area (Å²) < 4.78 is 45.9. The van der Waals surface area contributed by atoms with Crippen LogP contribution >= 0.6 is 0 Å². The number of halogens is 3. The maximum absolute atomic E-state index is 13.7. The number of hydrogen-bond acceptors (Lipinski definition) is 3. The number of benzene rings is 3. The van der Waals surface area contributed by atoms with E-state index < -0.39 is 35.3 Å². The molecule has 0 spiro atoms. The molecular weight excluding hydrogens is 457 g/mol. The maximum atomic E-state index is 13.7. The molecule has 35 heavy (non-hydrogen) atoms. The molecule has 3 aromatic carbocycles. The molecule has 4 aromatic rings. The van der Waals surface area contributed by atoms with Gasteiger partial charge in [0.05, 0.1) is 11.8 Å². The number of furan rings is 1. The van der Waals surface area contributed by atoms with Crippen LogP contribution in [0.15, 0.2) is 89.5 Å². The maximum Gasteiger partial charge on any atom is 0.262 e. The molecule has 0 aliphatic rings. The van der Waals surface area contributed by atoms with Crippen molar-refractivity contribution in [1.82, 2.24) is 5.32 Å². The number of rotatable bonds is 7. The summed E-state index contributed by atoms with van der Waals surface area (Å²) in [5.41, 5.74) is 1.45. The van der Waals surface area contributed by atoms with E-state index in [0.29, 0.717) is 16.9 Å². The minimum absolute atomic E-state index is 0.0625. The topological polar surface area (TPSA) is 62.6 Å². The summed E-state index contributed by atoms with van der Waals surface area (Å²) in [6.07, 6.45) is 1.35. The van der Waals surface area contributed by atoms with E-state index in [9.17, 15) is 22.8 Å². The Morgan fingerprint density at radius 1 is 0.829 bits per heavy atom. The lowest BCUT2D eigenvalue weighted by Gasteiger charge is -2.31. The van der Waals surface area contributed by atoms with Crippen molar-refractivity contribution >= 4 is 17.5 Å². The zero-order valence-electron chi connectivity index (χ0n) is 18.7. The Bertz CT molecular complexity index is 1320. The number of amides is 2. The first-order chi connectivity index (χ1) is 16.8. The number of nitrogens with zero attached hydrogens (tertiary/aromatic N) is 1. The van der Waals surface area contributed by atoms with Crippen molar-refractivity contribution < 1.29 is 27.2 Å². The molecule has 0 aliphatic heterocycles. The predicted molar refractivity (Wildman–Crippen MR) is 124 cm³/mol. The zero-order valence-corrected chi connectivity index (χ0v) is 18.7. The Labute approximate surface area is 199 Å². The van der Waals surface area contributed by atoms with Crippen LogP contribution < -0.4 is 10.2 Å². The molecule has 1 aromatic heterocycles. The van der Waals surface area contributed by atoms with Gasteiger partial charge in [0.25, 0.3) is 5.91 Å². The number of nitrogens with one attached hydrogen (secondary N) is 1. The Hall–Kier alpha value is -4.33. The molecule has 1 N–H and O–H groups in total. The number of hydrogen-bond donors (Lipinski definition) is 1. The smallest absolute Gasteiger partial charge is 0.262 e. The molecule has 1 atom stereocenters. The Morgan fingerprint density at radius 2 is 1.37 bits per heavy atom. The first-order valence-corrected chi connectivity index (χ1v) is 10.7. The van der Waals surface area contributed by atoms with Gasteiger partial charge in [-0.3, -0.25) is 14.5 Å². The molecule has 0 bridgehead atoms. The minimum Gasteiger partial charge on any atom is -0.469 e. The number of carbonyl (C=O) groups excluding carboxylic acids is 2. The molecule has 0 radical (unpaired) electrons. The fourth-order valence-corrected chi connectivity index (χ4v) is 3.67. The van der Waals surface area contributed by atoms with Crippen LogP contribution in [0.2, 0.25) is 0 Å². The van der Waals surface area contributed by atoms with Crippen molar-refractivity contribution in [2.75, 3.05) is 4.90 Å². The monoisotopic (exact) mass is 478 g/mol. The Kier molecular flexibility index (Phi) is 7.01. The van der Waals surface area contributed by atoms with Gasteiger partial charge in [-0.15, -0.1) is 0 Å². The number of aryl methyl sites for hydroxylation is 1. The van der Waals surface area contributed by atoms with Crippen molar-refractivity contribution in [3.05, 3.63) is 125 Å². The van der Waals surface area contributed by atoms with E-state index in [1.807, 2.05) is 0 Å². The number of carbonyl (C=O) groups is 2. The first-order valence-electron chi connectivity index (χ1n) is 10.7. The molecule has 0 saturated heterocycles. The van der Waals surface area contributed by atoms with E-state index in [2.05, 4.69) is 5.32 Å². The molecule has 0 fully saturated rings. The lowest BCUT2D eigenvalue weighted by atomic mass is 10.0. The molecule has 0 unspecified atom stereocenters. The second-order valence-electron chi connectivity index (χ2n) is 7.84. The van der Waals surface area contributed by atoms with Crippen molar-refractivity contribution in [3.8, 4) is 0 Å². The second kappa shape index (κ2) is 10.3. The summed E-state index contributed by atoms with van der Waals surface area (Å²) in [5.74, 6) is -2.22. The lowest BCUT2D eigenvalue weighted by Crippen LogP contribution is -2.44. The minimum atomic E-state index is -1.23. The van der Waals surface area contributed by atoms with E-state index >= 15 is 0 Å². The molecular formula is C27H21F3N2O3. The fourth-order valence-electron chi connectivity index (χ4n) is 3.67. The van der Waals surface area contributed by atoms with Gasteiger partial charge < -0.3 is 9.73 Å². The molecule has 8 heteroatoms. The zero-order chi connectivity index (χ0) is 24.9. The van der Waals surface area contributed by atoms with E-state index in [1.165, 1.54) is 90.0 Å². The molecule has 178 valence electrons. The van der Waals surface area contributed by atoms with Crippen LogP contribution in [0.1, 0.15) is 33.3 Å². The molecule has 0 aliphatic carbocycles. The Balaban J connectivity index is 1.77. The van der Waals surface area contributed by atoms with E-state index in [4.69, 9.17) is 4.42 Å². The van der Waals surface area contributed by atoms with Crippen molar-refractivity contribution in [2.24, 2.45) is 0 Å². The summed E-state index contributed by atoms with van der Waals surface area (Å²) >= 11 is 0. The highest BCUT2D eigenvalue weighted by Crippen LogP contribution is 2.31. The average molecular weight is 478 g/mol. The van der Waals surface area contributed by atoms with E-state index in [-0.39, 0.29) is 17.8 Å². The van der Waals surface area contributed by atoms with Gasteiger partial charge in [0.15, 0.2) is 0 Å².